The van der Waals surface area contributed by atoms with Crippen LogP contribution in [0.15, 0.2) is 109 Å². The molecule has 0 bridgehead atoms. The summed E-state index contributed by atoms with van der Waals surface area (Å²) in [5, 5.41) is 3.47. The zero-order chi connectivity index (χ0) is 28.2. The topological polar surface area (TPSA) is 67.9 Å². The first-order valence-electron chi connectivity index (χ1n) is 13.2. The van der Waals surface area contributed by atoms with Crippen LogP contribution in [0, 0.1) is 0 Å². The maximum Gasteiger partial charge on any atom is 0.261 e. The summed E-state index contributed by atoms with van der Waals surface area (Å²) in [5.74, 6) is 0.575. The minimum absolute atomic E-state index is 0.221. The molecule has 0 aromatic heterocycles. The molecule has 6 nitrogen and oxygen atoms in total. The van der Waals surface area contributed by atoms with E-state index in [1.165, 1.54) is 0 Å². The van der Waals surface area contributed by atoms with Crippen LogP contribution in [0.2, 0.25) is 5.02 Å². The lowest BCUT2D eigenvalue weighted by Gasteiger charge is -2.31. The van der Waals surface area contributed by atoms with E-state index in [1.807, 2.05) is 84.9 Å². The largest absolute Gasteiger partial charge is 0.497 e. The number of rotatable bonds is 13. The molecule has 4 aromatic carbocycles. The van der Waals surface area contributed by atoms with Crippen molar-refractivity contribution in [1.82, 2.24) is 10.2 Å². The van der Waals surface area contributed by atoms with Gasteiger partial charge in [0.15, 0.2) is 6.61 Å². The van der Waals surface area contributed by atoms with Gasteiger partial charge in [-0.05, 0) is 47.4 Å². The minimum Gasteiger partial charge on any atom is -0.497 e. The van der Waals surface area contributed by atoms with Crippen molar-refractivity contribution in [3.05, 3.63) is 131 Å². The molecule has 0 aliphatic rings. The molecule has 0 saturated heterocycles. The van der Waals surface area contributed by atoms with Gasteiger partial charge in [-0.2, -0.15) is 0 Å². The molecule has 4 aromatic rings. The Hall–Kier alpha value is -4.29. The van der Waals surface area contributed by atoms with Crippen molar-refractivity contribution in [2.45, 2.75) is 25.4 Å². The van der Waals surface area contributed by atoms with Crippen LogP contribution in [0.1, 0.15) is 16.7 Å². The Balaban J connectivity index is 1.58. The molecule has 0 fully saturated rings. The van der Waals surface area contributed by atoms with E-state index >= 15 is 0 Å². The van der Waals surface area contributed by atoms with Crippen molar-refractivity contribution < 1.29 is 19.1 Å². The van der Waals surface area contributed by atoms with Gasteiger partial charge in [0, 0.05) is 19.5 Å². The van der Waals surface area contributed by atoms with Crippen molar-refractivity contribution >= 4 is 23.4 Å². The predicted molar refractivity (Wildman–Crippen MR) is 158 cm³/mol. The Morgan fingerprint density at radius 1 is 0.800 bits per heavy atom. The van der Waals surface area contributed by atoms with Crippen LogP contribution in [-0.2, 0) is 29.0 Å². The summed E-state index contributed by atoms with van der Waals surface area (Å²) in [6, 6.07) is 33.4. The fraction of sp³-hybridized carbons (Fsp3) is 0.212. The Morgan fingerprint density at radius 2 is 1.43 bits per heavy atom. The molecule has 0 unspecified atom stereocenters. The standard InChI is InChI=1S/C33H33ClN2O4/c1-39-28-18-16-27(17-19-28)23-36(32(37)24-40-31-15-9-8-14-29(31)34)30(22-26-12-6-3-7-13-26)33(38)35-21-20-25-10-4-2-5-11-25/h2-19,30H,20-24H2,1H3,(H,35,38)/t30-/m1/s1. The molecule has 40 heavy (non-hydrogen) atoms. The maximum absolute atomic E-state index is 13.7. The average Bonchev–Trinajstić information content (AvgIpc) is 2.99. The average molecular weight is 557 g/mol. The van der Waals surface area contributed by atoms with E-state index < -0.39 is 6.04 Å². The highest BCUT2D eigenvalue weighted by Gasteiger charge is 2.30. The Labute approximate surface area is 240 Å². The second kappa shape index (κ2) is 14.8. The number of hydrogen-bond acceptors (Lipinski definition) is 4. The number of ether oxygens (including phenoxy) is 2. The van der Waals surface area contributed by atoms with E-state index in [-0.39, 0.29) is 25.0 Å². The second-order valence-electron chi connectivity index (χ2n) is 9.32. The lowest BCUT2D eigenvalue weighted by Crippen LogP contribution is -2.52. The molecule has 4 rings (SSSR count). The first-order chi connectivity index (χ1) is 19.5. The normalized spacial score (nSPS) is 11.3. The molecule has 0 aliphatic heterocycles. The molecule has 7 heteroatoms. The van der Waals surface area contributed by atoms with Crippen molar-refractivity contribution in [1.29, 1.82) is 0 Å². The van der Waals surface area contributed by atoms with Crippen LogP contribution in [0.5, 0.6) is 11.5 Å². The van der Waals surface area contributed by atoms with Crippen molar-refractivity contribution in [3.8, 4) is 11.5 Å². The minimum atomic E-state index is -0.761. The smallest absolute Gasteiger partial charge is 0.261 e. The number of benzene rings is 4. The van der Waals surface area contributed by atoms with E-state index in [0.29, 0.717) is 35.9 Å². The quantitative estimate of drug-likeness (QED) is 0.228. The summed E-state index contributed by atoms with van der Waals surface area (Å²) in [6.07, 6.45) is 1.04. The molecular formula is C33H33ClN2O4. The highest BCUT2D eigenvalue weighted by Crippen LogP contribution is 2.24. The molecular weight excluding hydrogens is 524 g/mol. The van der Waals surface area contributed by atoms with Gasteiger partial charge in [0.05, 0.1) is 12.1 Å². The van der Waals surface area contributed by atoms with Gasteiger partial charge in [-0.25, -0.2) is 0 Å². The van der Waals surface area contributed by atoms with Crippen LogP contribution in [0.25, 0.3) is 0 Å². The number of amides is 2. The van der Waals surface area contributed by atoms with Gasteiger partial charge in [0.2, 0.25) is 5.91 Å². The highest BCUT2D eigenvalue weighted by molar-refractivity contribution is 6.32. The third-order valence-electron chi connectivity index (χ3n) is 6.53. The van der Waals surface area contributed by atoms with Crippen molar-refractivity contribution in [2.75, 3.05) is 20.3 Å². The Morgan fingerprint density at radius 3 is 2.08 bits per heavy atom. The van der Waals surface area contributed by atoms with Gasteiger partial charge in [0.1, 0.15) is 17.5 Å². The van der Waals surface area contributed by atoms with Gasteiger partial charge in [-0.15, -0.1) is 0 Å². The van der Waals surface area contributed by atoms with Gasteiger partial charge in [-0.3, -0.25) is 9.59 Å². The number of nitrogens with one attached hydrogen (secondary N) is 1. The molecule has 206 valence electrons. The van der Waals surface area contributed by atoms with Gasteiger partial charge in [-0.1, -0.05) is 96.5 Å². The summed E-state index contributed by atoms with van der Waals surface area (Å²) >= 11 is 6.25. The lowest BCUT2D eigenvalue weighted by molar-refractivity contribution is -0.142. The molecule has 0 heterocycles. The Bertz CT molecular complexity index is 1360. The maximum atomic E-state index is 13.7. The second-order valence-corrected chi connectivity index (χ2v) is 9.73. The molecule has 2 amide bonds. The third kappa shape index (κ3) is 8.35. The number of hydrogen-bond donors (Lipinski definition) is 1. The van der Waals surface area contributed by atoms with E-state index in [1.54, 1.807) is 36.3 Å². The third-order valence-corrected chi connectivity index (χ3v) is 6.84. The van der Waals surface area contributed by atoms with Gasteiger partial charge in [0.25, 0.3) is 5.91 Å². The van der Waals surface area contributed by atoms with Crippen LogP contribution >= 0.6 is 11.6 Å². The first kappa shape index (κ1) is 28.7. The first-order valence-corrected chi connectivity index (χ1v) is 13.6. The lowest BCUT2D eigenvalue weighted by atomic mass is 10.0. The number of halogens is 1. The number of carbonyl (C=O) groups is 2. The molecule has 0 spiro atoms. The summed E-state index contributed by atoms with van der Waals surface area (Å²) in [7, 11) is 1.60. The van der Waals surface area contributed by atoms with E-state index in [4.69, 9.17) is 21.1 Å². The van der Waals surface area contributed by atoms with E-state index in [9.17, 15) is 9.59 Å². The monoisotopic (exact) mass is 556 g/mol. The molecule has 0 saturated carbocycles. The van der Waals surface area contributed by atoms with Crippen LogP contribution in [0.3, 0.4) is 0 Å². The number of methoxy groups -OCH3 is 1. The summed E-state index contributed by atoms with van der Waals surface area (Å²) in [4.78, 5) is 29.0. The Kier molecular flexibility index (Phi) is 10.6. The fourth-order valence-electron chi connectivity index (χ4n) is 4.36. The molecule has 0 aliphatic carbocycles. The van der Waals surface area contributed by atoms with Crippen LogP contribution in [0.4, 0.5) is 0 Å². The molecule has 1 N–H and O–H groups in total. The SMILES string of the molecule is COc1ccc(CN(C(=O)COc2ccccc2Cl)[C@H](Cc2ccccc2)C(=O)NCCc2ccccc2)cc1. The van der Waals surface area contributed by atoms with Gasteiger partial charge >= 0.3 is 0 Å². The van der Waals surface area contributed by atoms with Crippen LogP contribution in [-0.4, -0.2) is 43.0 Å². The van der Waals surface area contributed by atoms with E-state index in [2.05, 4.69) is 5.32 Å². The highest BCUT2D eigenvalue weighted by atomic mass is 35.5. The zero-order valence-corrected chi connectivity index (χ0v) is 23.2. The van der Waals surface area contributed by atoms with Crippen molar-refractivity contribution in [2.24, 2.45) is 0 Å². The van der Waals surface area contributed by atoms with Crippen LogP contribution < -0.4 is 14.8 Å². The molecule has 0 radical (unpaired) electrons. The number of para-hydroxylation sites is 1. The summed E-state index contributed by atoms with van der Waals surface area (Å²) in [6.45, 7) is 0.412. The zero-order valence-electron chi connectivity index (χ0n) is 22.5. The number of carbonyl (C=O) groups excluding carboxylic acids is 2. The number of nitrogens with zero attached hydrogens (tertiary/aromatic N) is 1. The summed E-state index contributed by atoms with van der Waals surface area (Å²) < 4.78 is 11.1. The fourth-order valence-corrected chi connectivity index (χ4v) is 4.55. The van der Waals surface area contributed by atoms with E-state index in [0.717, 1.165) is 16.7 Å². The van der Waals surface area contributed by atoms with Crippen molar-refractivity contribution in [3.63, 3.8) is 0 Å². The molecule has 1 atom stereocenters. The van der Waals surface area contributed by atoms with Gasteiger partial charge < -0.3 is 19.7 Å². The predicted octanol–water partition coefficient (Wildman–Crippen LogP) is 5.73. The summed E-state index contributed by atoms with van der Waals surface area (Å²) in [5.41, 5.74) is 2.94.